The molecule has 1 aromatic rings. The second-order valence-corrected chi connectivity index (χ2v) is 4.32. The van der Waals surface area contributed by atoms with Crippen molar-refractivity contribution in [3.63, 3.8) is 0 Å². The van der Waals surface area contributed by atoms with Gasteiger partial charge in [0.2, 0.25) is 0 Å². The summed E-state index contributed by atoms with van der Waals surface area (Å²) in [7, 11) is 0. The minimum absolute atomic E-state index is 0.423. The lowest BCUT2D eigenvalue weighted by molar-refractivity contribution is -0.108. The van der Waals surface area contributed by atoms with Gasteiger partial charge in [0.25, 0.3) is 5.91 Å². The highest BCUT2D eigenvalue weighted by Crippen LogP contribution is 2.22. The van der Waals surface area contributed by atoms with Crippen LogP contribution in [0.25, 0.3) is 0 Å². The molecule has 0 radical (unpaired) electrons. The van der Waals surface area contributed by atoms with Gasteiger partial charge in [-0.2, -0.15) is 0 Å². The van der Waals surface area contributed by atoms with Crippen LogP contribution in [-0.4, -0.2) is 21.7 Å². The Morgan fingerprint density at radius 3 is 2.25 bits per heavy atom. The molecule has 3 nitrogen and oxygen atoms in total. The van der Waals surface area contributed by atoms with Gasteiger partial charge in [-0.05, 0) is 32.9 Å². The fourth-order valence-electron chi connectivity index (χ4n) is 1.14. The van der Waals surface area contributed by atoms with Crippen molar-refractivity contribution in [2.24, 2.45) is 0 Å². The van der Waals surface area contributed by atoms with Crippen LogP contribution in [0.2, 0.25) is 0 Å². The first kappa shape index (κ1) is 12.5. The molecule has 16 heavy (non-hydrogen) atoms. The number of carbonyl (C=O) groups excluding carboxylic acids is 1. The molecule has 0 saturated heterocycles. The summed E-state index contributed by atoms with van der Waals surface area (Å²) in [5, 5.41) is 10.6. The molecule has 0 unspecified atom stereocenters. The zero-order valence-electron chi connectivity index (χ0n) is 9.90. The lowest BCUT2D eigenvalue weighted by Gasteiger charge is -2.33. The van der Waals surface area contributed by atoms with Gasteiger partial charge in [-0.1, -0.05) is 30.4 Å². The topological polar surface area (TPSA) is 40.5 Å². The maximum atomic E-state index is 11.9. The molecule has 0 aliphatic heterocycles. The maximum absolute atomic E-state index is 11.9. The van der Waals surface area contributed by atoms with Crippen LogP contribution in [0.4, 0.5) is 0 Å². The van der Waals surface area contributed by atoms with E-state index in [4.69, 9.17) is 0 Å². The predicted molar refractivity (Wildman–Crippen MR) is 63.3 cm³/mol. The van der Waals surface area contributed by atoms with Gasteiger partial charge >= 0.3 is 0 Å². The fraction of sp³-hybridized carbons (Fsp3) is 0.308. The average Bonchev–Trinajstić information content (AvgIpc) is 2.28. The van der Waals surface area contributed by atoms with Gasteiger partial charge in [-0.25, -0.2) is 5.06 Å². The van der Waals surface area contributed by atoms with E-state index >= 15 is 0 Å². The van der Waals surface area contributed by atoms with E-state index in [9.17, 15) is 10.0 Å². The Morgan fingerprint density at radius 2 is 1.81 bits per heavy atom. The smallest absolute Gasteiger partial charge is 0.278 e. The molecule has 1 amide bonds. The Bertz CT molecular complexity index is 396. The van der Waals surface area contributed by atoms with Crippen molar-refractivity contribution in [3.05, 3.63) is 48.0 Å². The number of hydroxylamine groups is 2. The minimum Gasteiger partial charge on any atom is -0.285 e. The number of hydrogen-bond donors (Lipinski definition) is 1. The number of hydrogen-bond acceptors (Lipinski definition) is 2. The van der Waals surface area contributed by atoms with Gasteiger partial charge in [-0.15, -0.1) is 0 Å². The lowest BCUT2D eigenvalue weighted by Crippen LogP contribution is -2.46. The Kier molecular flexibility index (Phi) is 3.50. The highest BCUT2D eigenvalue weighted by Gasteiger charge is 2.31. The van der Waals surface area contributed by atoms with Crippen molar-refractivity contribution >= 4 is 5.91 Å². The maximum Gasteiger partial charge on any atom is 0.278 e. The van der Waals surface area contributed by atoms with E-state index in [0.717, 1.165) is 10.6 Å². The first-order valence-electron chi connectivity index (χ1n) is 5.12. The fourth-order valence-corrected chi connectivity index (χ4v) is 1.14. The van der Waals surface area contributed by atoms with E-state index < -0.39 is 11.4 Å². The number of rotatable bonds is 3. The molecule has 3 heteroatoms. The molecule has 0 bridgehead atoms. The molecule has 0 atom stereocenters. The van der Waals surface area contributed by atoms with Crippen LogP contribution in [0.1, 0.15) is 31.1 Å². The summed E-state index contributed by atoms with van der Waals surface area (Å²) in [6.07, 6.45) is 0. The van der Waals surface area contributed by atoms with Crippen molar-refractivity contribution in [2.45, 2.75) is 26.3 Å². The summed E-state index contributed by atoms with van der Waals surface area (Å²) < 4.78 is 0. The summed E-state index contributed by atoms with van der Waals surface area (Å²) in [5.41, 5.74) is 0.408. The SMILES string of the molecule is C=C(C)C(C)(C)N(O)C(=O)c1ccccc1. The molecule has 0 aromatic heterocycles. The van der Waals surface area contributed by atoms with E-state index in [1.54, 1.807) is 45.0 Å². The second kappa shape index (κ2) is 4.49. The highest BCUT2D eigenvalue weighted by molar-refractivity contribution is 5.94. The van der Waals surface area contributed by atoms with Crippen LogP contribution in [0.15, 0.2) is 42.5 Å². The molecule has 0 fully saturated rings. The quantitative estimate of drug-likeness (QED) is 0.482. The average molecular weight is 219 g/mol. The van der Waals surface area contributed by atoms with Crippen LogP contribution < -0.4 is 0 Å². The van der Waals surface area contributed by atoms with Gasteiger partial charge in [0, 0.05) is 5.56 Å². The van der Waals surface area contributed by atoms with E-state index in [0.29, 0.717) is 5.56 Å². The van der Waals surface area contributed by atoms with E-state index in [2.05, 4.69) is 6.58 Å². The number of nitrogens with zero attached hydrogens (tertiary/aromatic N) is 1. The summed E-state index contributed by atoms with van der Waals surface area (Å²) in [4.78, 5) is 11.9. The molecule has 1 aromatic carbocycles. The van der Waals surface area contributed by atoms with Crippen LogP contribution >= 0.6 is 0 Å². The molecule has 0 aliphatic rings. The minimum atomic E-state index is -0.771. The summed E-state index contributed by atoms with van der Waals surface area (Å²) in [6, 6.07) is 8.67. The van der Waals surface area contributed by atoms with Crippen molar-refractivity contribution < 1.29 is 10.0 Å². The molecular weight excluding hydrogens is 202 g/mol. The third kappa shape index (κ3) is 2.31. The third-order valence-electron chi connectivity index (χ3n) is 2.79. The molecule has 0 saturated carbocycles. The number of carbonyl (C=O) groups is 1. The highest BCUT2D eigenvalue weighted by atomic mass is 16.5. The van der Waals surface area contributed by atoms with E-state index in [1.165, 1.54) is 0 Å². The number of benzene rings is 1. The van der Waals surface area contributed by atoms with Gasteiger partial charge in [-0.3, -0.25) is 10.0 Å². The van der Waals surface area contributed by atoms with E-state index in [1.807, 2.05) is 6.07 Å². The third-order valence-corrected chi connectivity index (χ3v) is 2.79. The Balaban J connectivity index is 2.96. The van der Waals surface area contributed by atoms with Crippen molar-refractivity contribution in [1.82, 2.24) is 5.06 Å². The Labute approximate surface area is 96.0 Å². The summed E-state index contributed by atoms with van der Waals surface area (Å²) in [5.74, 6) is -0.423. The van der Waals surface area contributed by atoms with Gasteiger partial charge in [0.05, 0.1) is 5.54 Å². The van der Waals surface area contributed by atoms with Crippen LogP contribution in [0, 0.1) is 0 Å². The van der Waals surface area contributed by atoms with Gasteiger partial charge in [0.1, 0.15) is 0 Å². The molecule has 1 N–H and O–H groups in total. The second-order valence-electron chi connectivity index (χ2n) is 4.32. The van der Waals surface area contributed by atoms with Gasteiger partial charge in [0.15, 0.2) is 0 Å². The van der Waals surface area contributed by atoms with Crippen molar-refractivity contribution in [3.8, 4) is 0 Å². The molecule has 0 spiro atoms. The summed E-state index contributed by atoms with van der Waals surface area (Å²) >= 11 is 0. The lowest BCUT2D eigenvalue weighted by atomic mass is 9.96. The van der Waals surface area contributed by atoms with Crippen molar-refractivity contribution in [1.29, 1.82) is 0 Å². The van der Waals surface area contributed by atoms with Crippen LogP contribution in [0.5, 0.6) is 0 Å². The van der Waals surface area contributed by atoms with Crippen LogP contribution in [-0.2, 0) is 0 Å². The zero-order chi connectivity index (χ0) is 12.3. The van der Waals surface area contributed by atoms with Gasteiger partial charge < -0.3 is 0 Å². The molecule has 1 rings (SSSR count). The molecule has 86 valence electrons. The molecule has 0 aliphatic carbocycles. The van der Waals surface area contributed by atoms with E-state index in [-0.39, 0.29) is 0 Å². The monoisotopic (exact) mass is 219 g/mol. The first-order chi connectivity index (χ1) is 7.37. The molecule has 0 heterocycles. The molecular formula is C13H17NO2. The summed E-state index contributed by atoms with van der Waals surface area (Å²) in [6.45, 7) is 9.04. The Hall–Kier alpha value is -1.61. The standard InChI is InChI=1S/C13H17NO2/c1-10(2)13(3,4)14(16)12(15)11-8-6-5-7-9-11/h5-9,16H,1H2,2-4H3. The first-order valence-corrected chi connectivity index (χ1v) is 5.12. The normalized spacial score (nSPS) is 11.0. The van der Waals surface area contributed by atoms with Crippen LogP contribution in [0.3, 0.4) is 0 Å². The Morgan fingerprint density at radius 1 is 1.31 bits per heavy atom. The number of amides is 1. The van der Waals surface area contributed by atoms with Crippen molar-refractivity contribution in [2.75, 3.05) is 0 Å². The largest absolute Gasteiger partial charge is 0.285 e. The zero-order valence-corrected chi connectivity index (χ0v) is 9.90. The predicted octanol–water partition coefficient (Wildman–Crippen LogP) is 2.87.